The lowest BCUT2D eigenvalue weighted by Crippen LogP contribution is -2.07. The van der Waals surface area contributed by atoms with E-state index in [0.717, 1.165) is 10.9 Å². The lowest BCUT2D eigenvalue weighted by atomic mass is 10.1. The van der Waals surface area contributed by atoms with Crippen molar-refractivity contribution in [3.05, 3.63) is 40.2 Å². The van der Waals surface area contributed by atoms with Crippen molar-refractivity contribution in [2.45, 2.75) is 5.33 Å². The summed E-state index contributed by atoms with van der Waals surface area (Å²) in [5, 5.41) is 1.45. The molecule has 2 aromatic rings. The Hall–Kier alpha value is -1.29. The summed E-state index contributed by atoms with van der Waals surface area (Å²) in [5.41, 5.74) is 0.966. The minimum Gasteiger partial charge on any atom is -0.490 e. The SMILES string of the molecule is COc1c(CBr)c2ccccc2oc1=O. The molecule has 1 aromatic heterocycles. The smallest absolute Gasteiger partial charge is 0.379 e. The van der Waals surface area contributed by atoms with Crippen molar-refractivity contribution in [3.8, 4) is 5.75 Å². The van der Waals surface area contributed by atoms with E-state index >= 15 is 0 Å². The fraction of sp³-hybridized carbons (Fsp3) is 0.182. The van der Waals surface area contributed by atoms with Gasteiger partial charge in [-0.25, -0.2) is 4.79 Å². The average Bonchev–Trinajstić information content (AvgIpc) is 2.27. The third-order valence-electron chi connectivity index (χ3n) is 2.21. The molecule has 1 aromatic carbocycles. The highest BCUT2D eigenvalue weighted by atomic mass is 79.9. The van der Waals surface area contributed by atoms with E-state index in [1.165, 1.54) is 7.11 Å². The van der Waals surface area contributed by atoms with Crippen molar-refractivity contribution in [1.82, 2.24) is 0 Å². The minimum absolute atomic E-state index is 0.269. The predicted octanol–water partition coefficient (Wildman–Crippen LogP) is 2.70. The molecule has 3 nitrogen and oxygen atoms in total. The van der Waals surface area contributed by atoms with Crippen LogP contribution in [0.25, 0.3) is 11.0 Å². The van der Waals surface area contributed by atoms with Crippen LogP contribution in [0.3, 0.4) is 0 Å². The maximum absolute atomic E-state index is 11.5. The molecule has 0 atom stereocenters. The first-order valence-electron chi connectivity index (χ1n) is 4.42. The van der Waals surface area contributed by atoms with Crippen molar-refractivity contribution in [3.63, 3.8) is 0 Å². The van der Waals surface area contributed by atoms with E-state index in [9.17, 15) is 4.79 Å². The molecule has 0 amide bonds. The highest BCUT2D eigenvalue weighted by molar-refractivity contribution is 9.08. The van der Waals surface area contributed by atoms with Crippen molar-refractivity contribution in [2.75, 3.05) is 7.11 Å². The van der Waals surface area contributed by atoms with E-state index in [2.05, 4.69) is 15.9 Å². The molecule has 0 aliphatic heterocycles. The summed E-state index contributed by atoms with van der Waals surface area (Å²) >= 11 is 3.34. The maximum atomic E-state index is 11.5. The molecule has 0 spiro atoms. The Labute approximate surface area is 94.8 Å². The Bertz CT molecular complexity index is 545. The first-order chi connectivity index (χ1) is 7.27. The summed E-state index contributed by atoms with van der Waals surface area (Å²) in [7, 11) is 1.47. The van der Waals surface area contributed by atoms with Gasteiger partial charge in [0.2, 0.25) is 5.75 Å². The summed E-state index contributed by atoms with van der Waals surface area (Å²) in [4.78, 5) is 11.5. The fourth-order valence-electron chi connectivity index (χ4n) is 1.54. The second kappa shape index (κ2) is 4.06. The number of rotatable bonds is 2. The maximum Gasteiger partial charge on any atom is 0.379 e. The molecule has 78 valence electrons. The van der Waals surface area contributed by atoms with Crippen LogP contribution in [0.2, 0.25) is 0 Å². The van der Waals surface area contributed by atoms with Gasteiger partial charge >= 0.3 is 5.63 Å². The van der Waals surface area contributed by atoms with Gasteiger partial charge in [-0.2, -0.15) is 0 Å². The highest BCUT2D eigenvalue weighted by Crippen LogP contribution is 2.26. The number of methoxy groups -OCH3 is 1. The summed E-state index contributed by atoms with van der Waals surface area (Å²) in [6.07, 6.45) is 0. The largest absolute Gasteiger partial charge is 0.490 e. The van der Waals surface area contributed by atoms with Crippen LogP contribution in [-0.2, 0) is 5.33 Å². The van der Waals surface area contributed by atoms with Crippen LogP contribution in [0.4, 0.5) is 0 Å². The molecule has 1 heterocycles. The first-order valence-corrected chi connectivity index (χ1v) is 5.54. The monoisotopic (exact) mass is 268 g/mol. The number of alkyl halides is 1. The van der Waals surface area contributed by atoms with Gasteiger partial charge in [-0.1, -0.05) is 34.1 Å². The summed E-state index contributed by atoms with van der Waals surface area (Å²) in [5.74, 6) is 0.269. The summed E-state index contributed by atoms with van der Waals surface area (Å²) in [6, 6.07) is 7.39. The fourth-order valence-corrected chi connectivity index (χ4v) is 2.09. The van der Waals surface area contributed by atoms with Gasteiger partial charge < -0.3 is 9.15 Å². The van der Waals surface area contributed by atoms with Crippen molar-refractivity contribution in [2.24, 2.45) is 0 Å². The van der Waals surface area contributed by atoms with Crippen LogP contribution in [0.15, 0.2) is 33.5 Å². The van der Waals surface area contributed by atoms with Gasteiger partial charge in [0.25, 0.3) is 0 Å². The van der Waals surface area contributed by atoms with Crippen molar-refractivity contribution in [1.29, 1.82) is 0 Å². The normalized spacial score (nSPS) is 10.5. The van der Waals surface area contributed by atoms with Gasteiger partial charge in [0.15, 0.2) is 0 Å². The lowest BCUT2D eigenvalue weighted by molar-refractivity contribution is 0.382. The van der Waals surface area contributed by atoms with Gasteiger partial charge in [0.05, 0.1) is 7.11 Å². The molecule has 4 heteroatoms. The number of hydrogen-bond acceptors (Lipinski definition) is 3. The number of fused-ring (bicyclic) bond motifs is 1. The molecule has 0 radical (unpaired) electrons. The Balaban J connectivity index is 2.91. The Kier molecular flexibility index (Phi) is 2.77. The van der Waals surface area contributed by atoms with Gasteiger partial charge in [-0.05, 0) is 6.07 Å². The van der Waals surface area contributed by atoms with E-state index in [4.69, 9.17) is 9.15 Å². The molecule has 15 heavy (non-hydrogen) atoms. The van der Waals surface area contributed by atoms with Gasteiger partial charge in [0.1, 0.15) is 5.58 Å². The molecule has 0 fully saturated rings. The third kappa shape index (κ3) is 1.65. The molecule has 0 saturated heterocycles. The molecule has 0 aliphatic carbocycles. The number of ether oxygens (including phenoxy) is 1. The van der Waals surface area contributed by atoms with Crippen LogP contribution in [-0.4, -0.2) is 7.11 Å². The van der Waals surface area contributed by atoms with Crippen LogP contribution >= 0.6 is 15.9 Å². The van der Waals surface area contributed by atoms with E-state index in [-0.39, 0.29) is 5.75 Å². The molecular formula is C11H9BrO3. The lowest BCUT2D eigenvalue weighted by Gasteiger charge is -2.06. The number of halogens is 1. The van der Waals surface area contributed by atoms with Gasteiger partial charge in [0, 0.05) is 16.3 Å². The van der Waals surface area contributed by atoms with Crippen LogP contribution in [0, 0.1) is 0 Å². The van der Waals surface area contributed by atoms with Crippen LogP contribution in [0.1, 0.15) is 5.56 Å². The average molecular weight is 269 g/mol. The molecule has 0 aliphatic rings. The quantitative estimate of drug-likeness (QED) is 0.621. The minimum atomic E-state index is -0.439. The van der Waals surface area contributed by atoms with E-state index in [1.54, 1.807) is 6.07 Å². The predicted molar refractivity (Wildman–Crippen MR) is 61.7 cm³/mol. The number of hydrogen-bond donors (Lipinski definition) is 0. The Morgan fingerprint density at radius 3 is 2.80 bits per heavy atom. The van der Waals surface area contributed by atoms with E-state index in [0.29, 0.717) is 10.9 Å². The second-order valence-corrected chi connectivity index (χ2v) is 3.59. The summed E-state index contributed by atoms with van der Waals surface area (Å²) < 4.78 is 10.2. The third-order valence-corrected chi connectivity index (χ3v) is 2.77. The van der Waals surface area contributed by atoms with Crippen molar-refractivity contribution < 1.29 is 9.15 Å². The zero-order chi connectivity index (χ0) is 10.8. The van der Waals surface area contributed by atoms with Crippen LogP contribution < -0.4 is 10.4 Å². The van der Waals surface area contributed by atoms with E-state index < -0.39 is 5.63 Å². The zero-order valence-electron chi connectivity index (χ0n) is 8.12. The van der Waals surface area contributed by atoms with Crippen molar-refractivity contribution >= 4 is 26.9 Å². The van der Waals surface area contributed by atoms with E-state index in [1.807, 2.05) is 18.2 Å². The molecule has 2 rings (SSSR count). The first kappa shape index (κ1) is 10.2. The highest BCUT2D eigenvalue weighted by Gasteiger charge is 2.13. The standard InChI is InChI=1S/C11H9BrO3/c1-14-10-8(6-12)7-4-2-3-5-9(7)15-11(10)13/h2-5H,6H2,1H3. The number of benzene rings is 1. The molecular weight excluding hydrogens is 260 g/mol. The molecule has 0 saturated carbocycles. The van der Waals surface area contributed by atoms with Gasteiger partial charge in [-0.3, -0.25) is 0 Å². The number of para-hydroxylation sites is 1. The van der Waals surface area contributed by atoms with Gasteiger partial charge in [-0.15, -0.1) is 0 Å². The van der Waals surface area contributed by atoms with Crippen LogP contribution in [0.5, 0.6) is 5.75 Å². The molecule has 0 unspecified atom stereocenters. The zero-order valence-corrected chi connectivity index (χ0v) is 9.71. The Morgan fingerprint density at radius 1 is 1.40 bits per heavy atom. The second-order valence-electron chi connectivity index (χ2n) is 3.03. The Morgan fingerprint density at radius 2 is 2.13 bits per heavy atom. The molecule has 0 bridgehead atoms. The summed E-state index contributed by atoms with van der Waals surface area (Å²) in [6.45, 7) is 0. The molecule has 0 N–H and O–H groups in total. The topological polar surface area (TPSA) is 39.4 Å².